The van der Waals surface area contributed by atoms with Gasteiger partial charge in [0.05, 0.1) is 22.4 Å². The van der Waals surface area contributed by atoms with Gasteiger partial charge in [0, 0.05) is 53.3 Å². The number of aromatic nitrogens is 3. The van der Waals surface area contributed by atoms with Crippen LogP contribution in [0.3, 0.4) is 0 Å². The SMILES string of the molecule is Fc1ccc(-c2cc(-c3ccc(-n4c5ccccc5c5cc(-c6ccc(-c7cccc8c7sc7ccccc78)cc6)ccc54)cc3)nc(-c3ccc(-c4ccccc4)cc3)n2)cc1. The molecule has 0 aliphatic heterocycles. The molecule has 63 heavy (non-hydrogen) atoms. The third-order valence-corrected chi connectivity index (χ3v) is 13.4. The zero-order valence-electron chi connectivity index (χ0n) is 33.9. The molecule has 0 aliphatic rings. The first-order chi connectivity index (χ1) is 31.1. The maximum absolute atomic E-state index is 14.0. The zero-order valence-corrected chi connectivity index (χ0v) is 34.7. The number of rotatable bonds is 7. The van der Waals surface area contributed by atoms with Gasteiger partial charge in [-0.15, -0.1) is 11.3 Å². The molecule has 12 rings (SSSR count). The van der Waals surface area contributed by atoms with E-state index >= 15 is 0 Å². The van der Waals surface area contributed by atoms with E-state index in [1.165, 1.54) is 65.3 Å². The van der Waals surface area contributed by atoms with Crippen LogP contribution in [0.1, 0.15) is 0 Å². The quantitative estimate of drug-likeness (QED) is 0.160. The standard InChI is InChI=1S/C58H36FN3S/c59-45-30-25-41(26-31-45)52-36-53(61-58(60-52)43-23-19-38(20-24-43)37-9-2-1-3-10-37)42-27-32-46(33-28-42)62-54-15-6-4-11-48(54)51-35-44(29-34-55(51)62)39-17-21-40(22-18-39)47-13-8-14-50-49-12-5-7-16-56(49)63-57(47)50/h1-36H. The molecule has 0 amide bonds. The normalized spacial score (nSPS) is 11.6. The van der Waals surface area contributed by atoms with E-state index in [-0.39, 0.29) is 5.82 Å². The van der Waals surface area contributed by atoms with Crippen molar-refractivity contribution in [2.75, 3.05) is 0 Å². The molecule has 0 saturated heterocycles. The first kappa shape index (κ1) is 36.8. The van der Waals surface area contributed by atoms with Crippen molar-refractivity contribution < 1.29 is 4.39 Å². The van der Waals surface area contributed by atoms with Gasteiger partial charge >= 0.3 is 0 Å². The average Bonchev–Trinajstić information content (AvgIpc) is 3.90. The Morgan fingerprint density at radius 3 is 1.65 bits per heavy atom. The lowest BCUT2D eigenvalue weighted by Crippen LogP contribution is -1.97. The predicted molar refractivity (Wildman–Crippen MR) is 262 cm³/mol. The number of hydrogen-bond acceptors (Lipinski definition) is 3. The maximum atomic E-state index is 14.0. The fourth-order valence-electron chi connectivity index (χ4n) is 8.96. The third kappa shape index (κ3) is 6.58. The van der Waals surface area contributed by atoms with Gasteiger partial charge in [-0.3, -0.25) is 0 Å². The topological polar surface area (TPSA) is 30.7 Å². The van der Waals surface area contributed by atoms with Gasteiger partial charge in [0.15, 0.2) is 5.82 Å². The highest BCUT2D eigenvalue weighted by Gasteiger charge is 2.16. The minimum absolute atomic E-state index is 0.284. The molecule has 0 bridgehead atoms. The molecular formula is C58H36FN3S. The van der Waals surface area contributed by atoms with Crippen molar-refractivity contribution in [2.45, 2.75) is 0 Å². The van der Waals surface area contributed by atoms with Crippen LogP contribution in [-0.4, -0.2) is 14.5 Å². The molecule has 0 spiro atoms. The van der Waals surface area contributed by atoms with Crippen LogP contribution in [0.2, 0.25) is 0 Å². The lowest BCUT2D eigenvalue weighted by molar-refractivity contribution is 0.628. The maximum Gasteiger partial charge on any atom is 0.160 e. The Bertz CT molecular complexity index is 3650. The summed E-state index contributed by atoms with van der Waals surface area (Å²) in [5.41, 5.74) is 14.7. The molecular weight excluding hydrogens is 790 g/mol. The lowest BCUT2D eigenvalue weighted by atomic mass is 9.98. The number of hydrogen-bond donors (Lipinski definition) is 0. The average molecular weight is 826 g/mol. The van der Waals surface area contributed by atoms with Crippen LogP contribution in [0.15, 0.2) is 218 Å². The van der Waals surface area contributed by atoms with Gasteiger partial charge in [0.2, 0.25) is 0 Å². The first-order valence-corrected chi connectivity index (χ1v) is 21.9. The molecule has 3 aromatic heterocycles. The fourth-order valence-corrected chi connectivity index (χ4v) is 10.2. The van der Waals surface area contributed by atoms with E-state index in [1.807, 2.05) is 35.6 Å². The highest BCUT2D eigenvalue weighted by molar-refractivity contribution is 7.26. The van der Waals surface area contributed by atoms with Crippen LogP contribution in [0.4, 0.5) is 4.39 Å². The molecule has 3 nitrogen and oxygen atoms in total. The second kappa shape index (κ2) is 15.2. The van der Waals surface area contributed by atoms with Crippen LogP contribution in [0, 0.1) is 5.82 Å². The molecule has 296 valence electrons. The Kier molecular flexibility index (Phi) is 8.87. The summed E-state index contributed by atoms with van der Waals surface area (Å²) in [5.74, 6) is 0.324. The second-order valence-electron chi connectivity index (χ2n) is 15.9. The summed E-state index contributed by atoms with van der Waals surface area (Å²) in [6.45, 7) is 0. The van der Waals surface area contributed by atoms with Crippen LogP contribution >= 0.6 is 11.3 Å². The van der Waals surface area contributed by atoms with E-state index in [1.54, 1.807) is 12.1 Å². The summed E-state index contributed by atoms with van der Waals surface area (Å²) in [6.07, 6.45) is 0. The van der Waals surface area contributed by atoms with E-state index < -0.39 is 0 Å². The number of thiophene rings is 1. The molecule has 3 heterocycles. The lowest BCUT2D eigenvalue weighted by Gasteiger charge is -2.12. The van der Waals surface area contributed by atoms with Gasteiger partial charge in [0.1, 0.15) is 5.82 Å². The number of halogens is 1. The van der Waals surface area contributed by atoms with Crippen molar-refractivity contribution in [3.05, 3.63) is 224 Å². The molecule has 9 aromatic carbocycles. The van der Waals surface area contributed by atoms with Gasteiger partial charge in [-0.2, -0.15) is 0 Å². The number of nitrogens with zero attached hydrogens (tertiary/aromatic N) is 3. The summed E-state index contributed by atoms with van der Waals surface area (Å²) in [7, 11) is 0. The molecule has 0 atom stereocenters. The molecule has 12 aromatic rings. The van der Waals surface area contributed by atoms with Crippen molar-refractivity contribution in [1.29, 1.82) is 0 Å². The van der Waals surface area contributed by atoms with Gasteiger partial charge in [-0.25, -0.2) is 14.4 Å². The predicted octanol–water partition coefficient (Wildman–Crippen LogP) is 16.1. The molecule has 0 saturated carbocycles. The second-order valence-corrected chi connectivity index (χ2v) is 17.0. The molecule has 5 heteroatoms. The van der Waals surface area contributed by atoms with Crippen LogP contribution in [0.25, 0.3) is 115 Å². The Hall–Kier alpha value is -7.99. The largest absolute Gasteiger partial charge is 0.309 e. The summed E-state index contributed by atoms with van der Waals surface area (Å²) in [6, 6.07) is 75.5. The third-order valence-electron chi connectivity index (χ3n) is 12.1. The molecule has 0 fully saturated rings. The zero-order chi connectivity index (χ0) is 41.9. The number of fused-ring (bicyclic) bond motifs is 6. The molecule has 0 radical (unpaired) electrons. The fraction of sp³-hybridized carbons (Fsp3) is 0. The van der Waals surface area contributed by atoms with E-state index in [2.05, 4.69) is 174 Å². The van der Waals surface area contributed by atoms with E-state index in [9.17, 15) is 4.39 Å². The van der Waals surface area contributed by atoms with Gasteiger partial charge in [-0.1, -0.05) is 152 Å². The van der Waals surface area contributed by atoms with E-state index in [0.29, 0.717) is 5.82 Å². The minimum Gasteiger partial charge on any atom is -0.309 e. The molecule has 0 unspecified atom stereocenters. The Labute approximate surface area is 367 Å². The van der Waals surface area contributed by atoms with Crippen LogP contribution < -0.4 is 0 Å². The number of benzene rings is 9. The van der Waals surface area contributed by atoms with Crippen LogP contribution in [-0.2, 0) is 0 Å². The van der Waals surface area contributed by atoms with E-state index in [0.717, 1.165) is 55.9 Å². The highest BCUT2D eigenvalue weighted by atomic mass is 32.1. The van der Waals surface area contributed by atoms with Crippen molar-refractivity contribution in [1.82, 2.24) is 14.5 Å². The van der Waals surface area contributed by atoms with Crippen LogP contribution in [0.5, 0.6) is 0 Å². The Morgan fingerprint density at radius 1 is 0.365 bits per heavy atom. The number of para-hydroxylation sites is 1. The Morgan fingerprint density at radius 2 is 0.905 bits per heavy atom. The Balaban J connectivity index is 0.893. The van der Waals surface area contributed by atoms with Gasteiger partial charge < -0.3 is 4.57 Å². The van der Waals surface area contributed by atoms with Crippen molar-refractivity contribution >= 4 is 53.3 Å². The summed E-state index contributed by atoms with van der Waals surface area (Å²) in [4.78, 5) is 10.1. The van der Waals surface area contributed by atoms with Gasteiger partial charge in [0.25, 0.3) is 0 Å². The highest BCUT2D eigenvalue weighted by Crippen LogP contribution is 2.41. The van der Waals surface area contributed by atoms with Crippen molar-refractivity contribution in [3.8, 4) is 73.0 Å². The summed E-state index contributed by atoms with van der Waals surface area (Å²) in [5, 5.41) is 5.04. The smallest absolute Gasteiger partial charge is 0.160 e. The first-order valence-electron chi connectivity index (χ1n) is 21.1. The van der Waals surface area contributed by atoms with Gasteiger partial charge in [-0.05, 0) is 100 Å². The van der Waals surface area contributed by atoms with Crippen molar-refractivity contribution in [3.63, 3.8) is 0 Å². The van der Waals surface area contributed by atoms with E-state index in [4.69, 9.17) is 9.97 Å². The molecule has 0 N–H and O–H groups in total. The summed E-state index contributed by atoms with van der Waals surface area (Å²) < 4.78 is 19.0. The monoisotopic (exact) mass is 825 g/mol. The van der Waals surface area contributed by atoms with Crippen molar-refractivity contribution in [2.24, 2.45) is 0 Å². The summed E-state index contributed by atoms with van der Waals surface area (Å²) >= 11 is 1.87. The minimum atomic E-state index is -0.284. The molecule has 0 aliphatic carbocycles.